The molecule has 0 aromatic carbocycles. The first kappa shape index (κ1) is 15.8. The van der Waals surface area contributed by atoms with Crippen molar-refractivity contribution in [2.75, 3.05) is 32.7 Å². The van der Waals surface area contributed by atoms with E-state index in [2.05, 4.69) is 29.0 Å². The molecule has 2 unspecified atom stereocenters. The molecular weight excluding hydrogens is 258 g/mol. The van der Waals surface area contributed by atoms with Crippen LogP contribution in [0.1, 0.15) is 58.8 Å². The summed E-state index contributed by atoms with van der Waals surface area (Å²) in [6, 6.07) is 2.59. The molecule has 0 radical (unpaired) electrons. The van der Waals surface area contributed by atoms with Crippen molar-refractivity contribution in [2.45, 2.75) is 76.9 Å². The summed E-state index contributed by atoms with van der Waals surface area (Å²) in [5.41, 5.74) is 0. The first-order chi connectivity index (χ1) is 10.3. The molecule has 1 N–H and O–H groups in total. The van der Waals surface area contributed by atoms with Crippen molar-refractivity contribution in [3.05, 3.63) is 0 Å². The maximum atomic E-state index is 3.78. The molecule has 3 fully saturated rings. The van der Waals surface area contributed by atoms with Gasteiger partial charge in [-0.15, -0.1) is 0 Å². The Bertz CT molecular complexity index is 298. The maximum Gasteiger partial charge on any atom is 0.0114 e. The molecular formula is C18H35N3. The lowest BCUT2D eigenvalue weighted by atomic mass is 9.92. The SMILES string of the molecule is CCCNC1CC2CCC(C1)N2CC1CCN(CC)CC1. The van der Waals surface area contributed by atoms with Crippen LogP contribution in [0.4, 0.5) is 0 Å². The molecule has 0 aromatic rings. The van der Waals surface area contributed by atoms with Crippen LogP contribution in [0.15, 0.2) is 0 Å². The second kappa shape index (κ2) is 7.43. The van der Waals surface area contributed by atoms with Crippen molar-refractivity contribution in [1.82, 2.24) is 15.1 Å². The van der Waals surface area contributed by atoms with E-state index in [1.54, 1.807) is 0 Å². The summed E-state index contributed by atoms with van der Waals surface area (Å²) in [6.45, 7) is 11.1. The highest BCUT2D eigenvalue weighted by atomic mass is 15.2. The van der Waals surface area contributed by atoms with Gasteiger partial charge in [0.05, 0.1) is 0 Å². The molecule has 2 atom stereocenters. The Morgan fingerprint density at radius 1 is 0.952 bits per heavy atom. The molecule has 3 nitrogen and oxygen atoms in total. The number of nitrogens with one attached hydrogen (secondary N) is 1. The molecule has 0 aromatic heterocycles. The van der Waals surface area contributed by atoms with E-state index in [0.717, 1.165) is 24.0 Å². The molecule has 0 aliphatic carbocycles. The molecule has 3 rings (SSSR count). The van der Waals surface area contributed by atoms with Gasteiger partial charge in [-0.25, -0.2) is 0 Å². The van der Waals surface area contributed by atoms with Crippen molar-refractivity contribution >= 4 is 0 Å². The zero-order chi connectivity index (χ0) is 14.7. The summed E-state index contributed by atoms with van der Waals surface area (Å²) < 4.78 is 0. The van der Waals surface area contributed by atoms with Crippen LogP contribution in [0.3, 0.4) is 0 Å². The summed E-state index contributed by atoms with van der Waals surface area (Å²) in [6.07, 6.45) is 9.87. The van der Waals surface area contributed by atoms with E-state index in [1.165, 1.54) is 77.7 Å². The molecule has 2 bridgehead atoms. The summed E-state index contributed by atoms with van der Waals surface area (Å²) >= 11 is 0. The molecule has 0 saturated carbocycles. The van der Waals surface area contributed by atoms with Gasteiger partial charge in [0.25, 0.3) is 0 Å². The number of piperidine rings is 2. The quantitative estimate of drug-likeness (QED) is 0.812. The standard InChI is InChI=1S/C18H35N3/c1-3-9-19-16-12-17-5-6-18(13-16)21(17)14-15-7-10-20(4-2)11-8-15/h15-19H,3-14H2,1-2H3. The molecule has 21 heavy (non-hydrogen) atoms. The smallest absolute Gasteiger partial charge is 0.0114 e. The number of fused-ring (bicyclic) bond motifs is 2. The normalized spacial score (nSPS) is 35.4. The predicted molar refractivity (Wildman–Crippen MR) is 89.7 cm³/mol. The van der Waals surface area contributed by atoms with Crippen LogP contribution < -0.4 is 5.32 Å². The van der Waals surface area contributed by atoms with Crippen LogP contribution in [0, 0.1) is 5.92 Å². The van der Waals surface area contributed by atoms with Gasteiger partial charge in [0.2, 0.25) is 0 Å². The second-order valence-electron chi connectivity index (χ2n) is 7.58. The van der Waals surface area contributed by atoms with Crippen LogP contribution in [-0.4, -0.2) is 60.6 Å². The van der Waals surface area contributed by atoms with Gasteiger partial charge < -0.3 is 10.2 Å². The van der Waals surface area contributed by atoms with E-state index >= 15 is 0 Å². The summed E-state index contributed by atoms with van der Waals surface area (Å²) in [5, 5.41) is 3.78. The van der Waals surface area contributed by atoms with Crippen LogP contribution in [0.2, 0.25) is 0 Å². The lowest BCUT2D eigenvalue weighted by Gasteiger charge is -2.42. The van der Waals surface area contributed by atoms with Crippen molar-refractivity contribution in [2.24, 2.45) is 5.92 Å². The summed E-state index contributed by atoms with van der Waals surface area (Å²) in [5.74, 6) is 0.969. The van der Waals surface area contributed by atoms with E-state index < -0.39 is 0 Å². The zero-order valence-electron chi connectivity index (χ0n) is 14.2. The Morgan fingerprint density at radius 2 is 1.62 bits per heavy atom. The van der Waals surface area contributed by atoms with Crippen LogP contribution in [-0.2, 0) is 0 Å². The van der Waals surface area contributed by atoms with Gasteiger partial charge in [-0.2, -0.15) is 0 Å². The Balaban J connectivity index is 1.47. The fourth-order valence-corrected chi connectivity index (χ4v) is 4.87. The lowest BCUT2D eigenvalue weighted by molar-refractivity contribution is 0.0764. The van der Waals surface area contributed by atoms with Crippen molar-refractivity contribution in [3.8, 4) is 0 Å². The first-order valence-corrected chi connectivity index (χ1v) is 9.51. The number of rotatable bonds is 6. The van der Waals surface area contributed by atoms with Crippen LogP contribution in [0.25, 0.3) is 0 Å². The first-order valence-electron chi connectivity index (χ1n) is 9.51. The Hall–Kier alpha value is -0.120. The summed E-state index contributed by atoms with van der Waals surface area (Å²) in [7, 11) is 0. The Kier molecular flexibility index (Phi) is 5.58. The molecule has 3 saturated heterocycles. The minimum absolute atomic E-state index is 0.806. The van der Waals surface area contributed by atoms with Crippen molar-refractivity contribution < 1.29 is 0 Å². The third kappa shape index (κ3) is 3.80. The van der Waals surface area contributed by atoms with E-state index in [0.29, 0.717) is 0 Å². The van der Waals surface area contributed by atoms with Crippen molar-refractivity contribution in [3.63, 3.8) is 0 Å². The van der Waals surface area contributed by atoms with Gasteiger partial charge >= 0.3 is 0 Å². The molecule has 3 heterocycles. The fourth-order valence-electron chi connectivity index (χ4n) is 4.87. The lowest BCUT2D eigenvalue weighted by Crippen LogP contribution is -2.51. The minimum atomic E-state index is 0.806. The predicted octanol–water partition coefficient (Wildman–Crippen LogP) is 2.71. The molecule has 3 aliphatic rings. The number of hydrogen-bond donors (Lipinski definition) is 1. The molecule has 0 spiro atoms. The molecule has 0 amide bonds. The highest BCUT2D eigenvalue weighted by Crippen LogP contribution is 2.37. The monoisotopic (exact) mass is 293 g/mol. The van der Waals surface area contributed by atoms with Crippen molar-refractivity contribution in [1.29, 1.82) is 0 Å². The summed E-state index contributed by atoms with van der Waals surface area (Å²) in [4.78, 5) is 5.53. The third-order valence-electron chi connectivity index (χ3n) is 6.19. The largest absolute Gasteiger partial charge is 0.314 e. The van der Waals surface area contributed by atoms with E-state index in [9.17, 15) is 0 Å². The molecule has 3 heteroatoms. The number of likely N-dealkylation sites (tertiary alicyclic amines) is 1. The Labute approximate surface area is 131 Å². The van der Waals surface area contributed by atoms with E-state index in [4.69, 9.17) is 0 Å². The van der Waals surface area contributed by atoms with Crippen LogP contribution >= 0.6 is 0 Å². The number of nitrogens with zero attached hydrogens (tertiary/aromatic N) is 2. The molecule has 122 valence electrons. The minimum Gasteiger partial charge on any atom is -0.314 e. The topological polar surface area (TPSA) is 18.5 Å². The average molecular weight is 293 g/mol. The van der Waals surface area contributed by atoms with Gasteiger partial charge in [-0.05, 0) is 77.0 Å². The molecule has 3 aliphatic heterocycles. The highest BCUT2D eigenvalue weighted by Gasteiger charge is 2.41. The zero-order valence-corrected chi connectivity index (χ0v) is 14.2. The van der Waals surface area contributed by atoms with Gasteiger partial charge in [0.15, 0.2) is 0 Å². The van der Waals surface area contributed by atoms with E-state index in [1.807, 2.05) is 0 Å². The maximum absolute atomic E-state index is 3.78. The van der Waals surface area contributed by atoms with Crippen LogP contribution in [0.5, 0.6) is 0 Å². The van der Waals surface area contributed by atoms with E-state index in [-0.39, 0.29) is 0 Å². The highest BCUT2D eigenvalue weighted by molar-refractivity contribution is 4.98. The third-order valence-corrected chi connectivity index (χ3v) is 6.19. The average Bonchev–Trinajstić information content (AvgIpc) is 2.75. The second-order valence-corrected chi connectivity index (χ2v) is 7.58. The van der Waals surface area contributed by atoms with Gasteiger partial charge in [-0.1, -0.05) is 13.8 Å². The van der Waals surface area contributed by atoms with Gasteiger partial charge in [0, 0.05) is 24.7 Å². The van der Waals surface area contributed by atoms with Gasteiger partial charge in [-0.3, -0.25) is 4.90 Å². The van der Waals surface area contributed by atoms with Gasteiger partial charge in [0.1, 0.15) is 0 Å². The fraction of sp³-hybridized carbons (Fsp3) is 1.00. The Morgan fingerprint density at radius 3 is 2.19 bits per heavy atom. The number of hydrogen-bond acceptors (Lipinski definition) is 3.